The number of aryl methyl sites for hydroxylation is 1. The summed E-state index contributed by atoms with van der Waals surface area (Å²) in [5.74, 6) is -0.908. The third-order valence-corrected chi connectivity index (χ3v) is 4.90. The van der Waals surface area contributed by atoms with Gasteiger partial charge in [-0.1, -0.05) is 6.07 Å². The van der Waals surface area contributed by atoms with E-state index in [9.17, 15) is 14.7 Å². The van der Waals surface area contributed by atoms with Gasteiger partial charge in [-0.2, -0.15) is 0 Å². The highest BCUT2D eigenvalue weighted by atomic mass is 16.6. The fourth-order valence-corrected chi connectivity index (χ4v) is 3.76. The minimum absolute atomic E-state index is 0.114. The van der Waals surface area contributed by atoms with E-state index in [4.69, 9.17) is 4.74 Å². The second-order valence-electron chi connectivity index (χ2n) is 7.98. The van der Waals surface area contributed by atoms with Crippen molar-refractivity contribution in [3.05, 3.63) is 29.3 Å². The van der Waals surface area contributed by atoms with Crippen LogP contribution < -0.4 is 4.90 Å². The van der Waals surface area contributed by atoms with Crippen molar-refractivity contribution in [3.63, 3.8) is 0 Å². The average molecular weight is 346 g/mol. The quantitative estimate of drug-likeness (QED) is 0.890. The number of aromatic carboxylic acids is 1. The predicted octanol–water partition coefficient (Wildman–Crippen LogP) is 3.28. The molecule has 1 aromatic carbocycles. The lowest BCUT2D eigenvalue weighted by molar-refractivity contribution is 0.0123. The first-order valence-corrected chi connectivity index (χ1v) is 8.76. The van der Waals surface area contributed by atoms with E-state index in [2.05, 4.69) is 4.90 Å². The van der Waals surface area contributed by atoms with Crippen LogP contribution in [0.5, 0.6) is 0 Å². The third-order valence-electron chi connectivity index (χ3n) is 4.90. The summed E-state index contributed by atoms with van der Waals surface area (Å²) in [6, 6.07) is 5.78. The molecule has 2 atom stereocenters. The summed E-state index contributed by atoms with van der Waals surface area (Å²) in [6.07, 6.45) is 1.67. The molecule has 2 heterocycles. The lowest BCUT2D eigenvalue weighted by Crippen LogP contribution is -2.56. The lowest BCUT2D eigenvalue weighted by Gasteiger charge is -2.42. The van der Waals surface area contributed by atoms with Crippen LogP contribution in [-0.2, 0) is 4.74 Å². The number of carboxylic acid groups (broad SMARTS) is 1. The van der Waals surface area contributed by atoms with Crippen LogP contribution in [0.15, 0.2) is 18.2 Å². The Bertz CT molecular complexity index is 681. The van der Waals surface area contributed by atoms with Crippen LogP contribution in [0.3, 0.4) is 0 Å². The minimum atomic E-state index is -0.908. The van der Waals surface area contributed by atoms with Crippen molar-refractivity contribution < 1.29 is 19.4 Å². The molecule has 2 unspecified atom stereocenters. The molecule has 2 aliphatic heterocycles. The fraction of sp³-hybridized carbons (Fsp3) is 0.579. The number of carboxylic acids is 1. The van der Waals surface area contributed by atoms with Crippen LogP contribution in [0, 0.1) is 6.92 Å². The van der Waals surface area contributed by atoms with Crippen molar-refractivity contribution in [2.75, 3.05) is 18.0 Å². The van der Waals surface area contributed by atoms with Gasteiger partial charge in [0.1, 0.15) is 5.60 Å². The van der Waals surface area contributed by atoms with Crippen LogP contribution >= 0.6 is 0 Å². The van der Waals surface area contributed by atoms with E-state index in [0.29, 0.717) is 18.7 Å². The Morgan fingerprint density at radius 1 is 1.16 bits per heavy atom. The molecule has 2 fully saturated rings. The van der Waals surface area contributed by atoms with Crippen molar-refractivity contribution in [2.24, 2.45) is 0 Å². The Labute approximate surface area is 148 Å². The maximum atomic E-state index is 12.5. The van der Waals surface area contributed by atoms with Crippen LogP contribution in [0.25, 0.3) is 0 Å². The molecule has 2 bridgehead atoms. The highest BCUT2D eigenvalue weighted by Gasteiger charge is 2.44. The molecule has 0 saturated carbocycles. The number of fused-ring (bicyclic) bond motifs is 2. The number of nitrogens with zero attached hydrogens (tertiary/aromatic N) is 2. The van der Waals surface area contributed by atoms with Crippen molar-refractivity contribution in [2.45, 2.75) is 58.2 Å². The van der Waals surface area contributed by atoms with Crippen molar-refractivity contribution >= 4 is 17.7 Å². The summed E-state index contributed by atoms with van der Waals surface area (Å²) in [5.41, 5.74) is 1.50. The lowest BCUT2D eigenvalue weighted by atomic mass is 10.1. The van der Waals surface area contributed by atoms with Gasteiger partial charge in [0.2, 0.25) is 0 Å². The van der Waals surface area contributed by atoms with Gasteiger partial charge in [0.25, 0.3) is 0 Å². The molecule has 3 rings (SSSR count). The van der Waals surface area contributed by atoms with E-state index in [1.807, 2.05) is 37.8 Å². The van der Waals surface area contributed by atoms with E-state index >= 15 is 0 Å². The van der Waals surface area contributed by atoms with Crippen LogP contribution in [0.2, 0.25) is 0 Å². The Kier molecular flexibility index (Phi) is 4.39. The van der Waals surface area contributed by atoms with Crippen LogP contribution in [0.4, 0.5) is 10.5 Å². The summed E-state index contributed by atoms with van der Waals surface area (Å²) in [7, 11) is 0. The molecule has 6 nitrogen and oxygen atoms in total. The van der Waals surface area contributed by atoms with Gasteiger partial charge in [0.15, 0.2) is 0 Å². The molecular formula is C19H26N2O4. The van der Waals surface area contributed by atoms with Crippen LogP contribution in [-0.4, -0.2) is 52.8 Å². The van der Waals surface area contributed by atoms with Crippen molar-refractivity contribution in [3.8, 4) is 0 Å². The second kappa shape index (κ2) is 6.24. The summed E-state index contributed by atoms with van der Waals surface area (Å²) < 4.78 is 5.56. The van der Waals surface area contributed by atoms with E-state index in [1.54, 1.807) is 13.0 Å². The number of anilines is 1. The van der Waals surface area contributed by atoms with Crippen LogP contribution in [0.1, 0.15) is 49.5 Å². The number of carbonyl (C=O) groups excluding carboxylic acids is 1. The molecule has 6 heteroatoms. The topological polar surface area (TPSA) is 70.1 Å². The molecule has 2 saturated heterocycles. The van der Waals surface area contributed by atoms with Gasteiger partial charge >= 0.3 is 12.1 Å². The highest BCUT2D eigenvalue weighted by molar-refractivity contribution is 5.90. The summed E-state index contributed by atoms with van der Waals surface area (Å²) in [5, 5.41) is 9.34. The molecule has 1 N–H and O–H groups in total. The molecule has 0 radical (unpaired) electrons. The number of hydrogen-bond acceptors (Lipinski definition) is 4. The van der Waals surface area contributed by atoms with Gasteiger partial charge in [-0.3, -0.25) is 4.90 Å². The van der Waals surface area contributed by atoms with Gasteiger partial charge in [-0.25, -0.2) is 9.59 Å². The number of hydrogen-bond donors (Lipinski definition) is 1. The fourth-order valence-electron chi connectivity index (χ4n) is 3.76. The number of carbonyl (C=O) groups is 2. The molecule has 1 amide bonds. The first-order chi connectivity index (χ1) is 11.7. The maximum absolute atomic E-state index is 12.5. The van der Waals surface area contributed by atoms with Gasteiger partial charge in [0, 0.05) is 18.8 Å². The molecule has 136 valence electrons. The Morgan fingerprint density at radius 2 is 1.76 bits per heavy atom. The maximum Gasteiger partial charge on any atom is 0.410 e. The third kappa shape index (κ3) is 3.57. The molecule has 0 aliphatic carbocycles. The average Bonchev–Trinajstić information content (AvgIpc) is 2.76. The zero-order valence-corrected chi connectivity index (χ0v) is 15.3. The highest BCUT2D eigenvalue weighted by Crippen LogP contribution is 2.34. The normalized spacial score (nSPS) is 22.9. The zero-order valence-electron chi connectivity index (χ0n) is 15.3. The molecule has 0 spiro atoms. The van der Waals surface area contributed by atoms with Crippen molar-refractivity contribution in [1.29, 1.82) is 0 Å². The van der Waals surface area contributed by atoms with Gasteiger partial charge < -0.3 is 14.7 Å². The largest absolute Gasteiger partial charge is 0.478 e. The molecule has 2 aliphatic rings. The number of benzene rings is 1. The predicted molar refractivity (Wildman–Crippen MR) is 95.2 cm³/mol. The van der Waals surface area contributed by atoms with Crippen molar-refractivity contribution in [1.82, 2.24) is 4.90 Å². The van der Waals surface area contributed by atoms with E-state index in [0.717, 1.165) is 24.1 Å². The van der Waals surface area contributed by atoms with Gasteiger partial charge in [0.05, 0.1) is 17.6 Å². The Morgan fingerprint density at radius 3 is 2.28 bits per heavy atom. The molecule has 0 aromatic heterocycles. The summed E-state index contributed by atoms with van der Waals surface area (Å²) in [6.45, 7) is 8.85. The Balaban J connectivity index is 1.77. The number of rotatable bonds is 2. The van der Waals surface area contributed by atoms with E-state index in [1.165, 1.54) is 0 Å². The number of ether oxygens (including phenoxy) is 1. The van der Waals surface area contributed by atoms with Gasteiger partial charge in [-0.15, -0.1) is 0 Å². The molecule has 1 aromatic rings. The first-order valence-electron chi connectivity index (χ1n) is 8.76. The zero-order chi connectivity index (χ0) is 18.4. The summed E-state index contributed by atoms with van der Waals surface area (Å²) >= 11 is 0. The number of piperazine rings is 1. The minimum Gasteiger partial charge on any atom is -0.478 e. The molecular weight excluding hydrogens is 320 g/mol. The molecule has 25 heavy (non-hydrogen) atoms. The smallest absolute Gasteiger partial charge is 0.410 e. The van der Waals surface area contributed by atoms with Gasteiger partial charge in [-0.05, 0) is 58.2 Å². The first kappa shape index (κ1) is 17.6. The monoisotopic (exact) mass is 346 g/mol. The Hall–Kier alpha value is -2.24. The van der Waals surface area contributed by atoms with E-state index < -0.39 is 11.6 Å². The SMILES string of the molecule is Cc1ccc(N2CC3CCC(C2)N3C(=O)OC(C)(C)C)cc1C(=O)O. The second-order valence-corrected chi connectivity index (χ2v) is 7.98. The van der Waals surface area contributed by atoms with E-state index in [-0.39, 0.29) is 18.2 Å². The number of amides is 1. The standard InChI is InChI=1S/C19H26N2O4/c1-12-5-6-13(9-16(12)17(22)23)20-10-14-7-8-15(11-20)21(14)18(24)25-19(2,3)4/h5-6,9,14-15H,7-8,10-11H2,1-4H3,(H,22,23). The summed E-state index contributed by atoms with van der Waals surface area (Å²) in [4.78, 5) is 28.0.